The molecule has 0 radical (unpaired) electrons. The first-order valence-corrected chi connectivity index (χ1v) is 8.68. The van der Waals surface area contributed by atoms with Gasteiger partial charge < -0.3 is 9.30 Å². The second-order valence-corrected chi connectivity index (χ2v) is 7.23. The van der Waals surface area contributed by atoms with Crippen LogP contribution in [-0.2, 0) is 13.6 Å². The largest absolute Gasteiger partial charge is 0.497 e. The molecule has 0 N–H and O–H groups in total. The zero-order valence-electron chi connectivity index (χ0n) is 14.7. The number of fused-ring (bicyclic) bond motifs is 1. The van der Waals surface area contributed by atoms with E-state index in [0.717, 1.165) is 30.6 Å². The Labute approximate surface area is 143 Å². The van der Waals surface area contributed by atoms with Gasteiger partial charge in [-0.2, -0.15) is 0 Å². The molecule has 0 aliphatic carbocycles. The average Bonchev–Trinajstić information content (AvgIpc) is 3.23. The third-order valence-corrected chi connectivity index (χ3v) is 5.71. The number of aryl methyl sites for hydroxylation is 1. The zero-order chi connectivity index (χ0) is 16.7. The quantitative estimate of drug-likeness (QED) is 0.862. The van der Waals surface area contributed by atoms with Crippen LogP contribution in [0.4, 0.5) is 0 Å². The number of likely N-dealkylation sites (tertiary alicyclic amines) is 2. The number of rotatable bonds is 4. The molecule has 24 heavy (non-hydrogen) atoms. The molecule has 3 heterocycles. The second-order valence-electron chi connectivity index (χ2n) is 7.23. The summed E-state index contributed by atoms with van der Waals surface area (Å²) in [6, 6.07) is 9.12. The number of ether oxygens (including phenoxy) is 1. The Morgan fingerprint density at radius 2 is 1.92 bits per heavy atom. The Hall–Kier alpha value is -1.85. The first-order chi connectivity index (χ1) is 11.7. The van der Waals surface area contributed by atoms with E-state index < -0.39 is 0 Å². The molecule has 2 fully saturated rings. The van der Waals surface area contributed by atoms with Crippen LogP contribution >= 0.6 is 0 Å². The lowest BCUT2D eigenvalue weighted by Crippen LogP contribution is -2.29. The van der Waals surface area contributed by atoms with E-state index in [4.69, 9.17) is 4.74 Å². The van der Waals surface area contributed by atoms with Gasteiger partial charge in [0.15, 0.2) is 0 Å². The van der Waals surface area contributed by atoms with Gasteiger partial charge in [0.2, 0.25) is 0 Å². The van der Waals surface area contributed by atoms with Gasteiger partial charge in [0.05, 0.1) is 13.7 Å². The van der Waals surface area contributed by atoms with Crippen molar-refractivity contribution in [3.63, 3.8) is 0 Å². The van der Waals surface area contributed by atoms with Gasteiger partial charge in [-0.25, -0.2) is 4.98 Å². The van der Waals surface area contributed by atoms with Crippen molar-refractivity contribution in [1.82, 2.24) is 19.4 Å². The van der Waals surface area contributed by atoms with Crippen LogP contribution in [0.2, 0.25) is 0 Å². The van der Waals surface area contributed by atoms with Gasteiger partial charge in [-0.1, -0.05) is 12.1 Å². The van der Waals surface area contributed by atoms with Crippen LogP contribution in [0.3, 0.4) is 0 Å². The van der Waals surface area contributed by atoms with Crippen LogP contribution in [0.5, 0.6) is 5.75 Å². The molecule has 0 unspecified atom stereocenters. The normalized spacial score (nSPS) is 27.5. The molecule has 4 rings (SSSR count). The third kappa shape index (κ3) is 2.72. The number of aromatic nitrogens is 2. The van der Waals surface area contributed by atoms with Gasteiger partial charge in [-0.05, 0) is 36.6 Å². The predicted molar refractivity (Wildman–Crippen MR) is 93.8 cm³/mol. The van der Waals surface area contributed by atoms with Gasteiger partial charge in [0.25, 0.3) is 0 Å². The summed E-state index contributed by atoms with van der Waals surface area (Å²) in [6.07, 6.45) is 3.92. The van der Waals surface area contributed by atoms with E-state index in [0.29, 0.717) is 12.0 Å². The Bertz CT molecular complexity index is 696. The highest BCUT2D eigenvalue weighted by Crippen LogP contribution is 2.44. The molecule has 0 bridgehead atoms. The maximum absolute atomic E-state index is 5.30. The Morgan fingerprint density at radius 3 is 2.58 bits per heavy atom. The lowest BCUT2D eigenvalue weighted by atomic mass is 9.89. The highest BCUT2D eigenvalue weighted by Gasteiger charge is 2.46. The summed E-state index contributed by atoms with van der Waals surface area (Å²) >= 11 is 0. The van der Waals surface area contributed by atoms with Crippen molar-refractivity contribution in [2.45, 2.75) is 12.6 Å². The number of methoxy groups -OCH3 is 1. The minimum atomic E-state index is 0.507. The topological polar surface area (TPSA) is 33.5 Å². The molecule has 5 nitrogen and oxygen atoms in total. The van der Waals surface area contributed by atoms with Crippen molar-refractivity contribution in [2.24, 2.45) is 18.9 Å². The summed E-state index contributed by atoms with van der Waals surface area (Å²) in [4.78, 5) is 9.58. The molecular formula is C19H26N4O. The standard InChI is InChI=1S/C19H26N4O/c1-21-9-8-20-18(21)13-23-11-15-10-22(2)19(17(15)12-23)14-4-6-16(24-3)7-5-14/h4-9,15,17,19H,10-13H2,1-3H3/t15-,17+,19+/m0/s1. The smallest absolute Gasteiger partial charge is 0.122 e. The molecule has 0 amide bonds. The monoisotopic (exact) mass is 326 g/mol. The van der Waals surface area contributed by atoms with Crippen molar-refractivity contribution in [1.29, 1.82) is 0 Å². The molecule has 0 spiro atoms. The summed E-state index contributed by atoms with van der Waals surface area (Å²) in [6.45, 7) is 4.46. The molecule has 128 valence electrons. The minimum Gasteiger partial charge on any atom is -0.497 e. The summed E-state index contributed by atoms with van der Waals surface area (Å²) < 4.78 is 7.43. The summed E-state index contributed by atoms with van der Waals surface area (Å²) in [7, 11) is 6.06. The summed E-state index contributed by atoms with van der Waals surface area (Å²) in [5, 5.41) is 0. The lowest BCUT2D eigenvalue weighted by molar-refractivity contribution is 0.221. The van der Waals surface area contributed by atoms with Crippen LogP contribution < -0.4 is 4.74 Å². The molecule has 0 saturated carbocycles. The molecular weight excluding hydrogens is 300 g/mol. The summed E-state index contributed by atoms with van der Waals surface area (Å²) in [5.41, 5.74) is 1.41. The van der Waals surface area contributed by atoms with E-state index >= 15 is 0 Å². The van der Waals surface area contributed by atoms with E-state index in [-0.39, 0.29) is 0 Å². The van der Waals surface area contributed by atoms with Crippen molar-refractivity contribution < 1.29 is 4.74 Å². The lowest BCUT2D eigenvalue weighted by Gasteiger charge is -2.27. The maximum atomic E-state index is 5.30. The number of hydrogen-bond donors (Lipinski definition) is 0. The number of imidazole rings is 1. The molecule has 3 atom stereocenters. The van der Waals surface area contributed by atoms with Crippen LogP contribution in [0, 0.1) is 11.8 Å². The summed E-state index contributed by atoms with van der Waals surface area (Å²) in [5.74, 6) is 3.54. The van der Waals surface area contributed by atoms with E-state index in [1.54, 1.807) is 7.11 Å². The maximum Gasteiger partial charge on any atom is 0.122 e. The Kier molecular flexibility index (Phi) is 4.06. The van der Waals surface area contributed by atoms with Crippen molar-refractivity contribution in [3.8, 4) is 5.75 Å². The van der Waals surface area contributed by atoms with Crippen LogP contribution in [0.1, 0.15) is 17.4 Å². The molecule has 2 aromatic rings. The zero-order valence-corrected chi connectivity index (χ0v) is 14.7. The van der Waals surface area contributed by atoms with Gasteiger partial charge in [0, 0.05) is 45.1 Å². The Balaban J connectivity index is 1.49. The molecule has 1 aromatic heterocycles. The van der Waals surface area contributed by atoms with Crippen molar-refractivity contribution in [3.05, 3.63) is 48.0 Å². The molecule has 2 aliphatic heterocycles. The molecule has 5 heteroatoms. The average molecular weight is 326 g/mol. The van der Waals surface area contributed by atoms with Gasteiger partial charge in [0.1, 0.15) is 11.6 Å². The van der Waals surface area contributed by atoms with Gasteiger partial charge >= 0.3 is 0 Å². The van der Waals surface area contributed by atoms with Gasteiger partial charge in [-0.3, -0.25) is 9.80 Å². The highest BCUT2D eigenvalue weighted by molar-refractivity contribution is 5.30. The van der Waals surface area contributed by atoms with Crippen molar-refractivity contribution in [2.75, 3.05) is 33.8 Å². The van der Waals surface area contributed by atoms with E-state index in [2.05, 4.69) is 57.7 Å². The highest BCUT2D eigenvalue weighted by atomic mass is 16.5. The fourth-order valence-corrected chi connectivity index (χ4v) is 4.53. The fourth-order valence-electron chi connectivity index (χ4n) is 4.53. The van der Waals surface area contributed by atoms with E-state index in [1.807, 2.05) is 12.4 Å². The van der Waals surface area contributed by atoms with Crippen LogP contribution in [0.25, 0.3) is 0 Å². The number of hydrogen-bond acceptors (Lipinski definition) is 4. The second kappa shape index (κ2) is 6.22. The van der Waals surface area contributed by atoms with Crippen molar-refractivity contribution >= 4 is 0 Å². The molecule has 2 aliphatic rings. The fraction of sp³-hybridized carbons (Fsp3) is 0.526. The predicted octanol–water partition coefficient (Wildman–Crippen LogP) is 2.16. The van der Waals surface area contributed by atoms with E-state index in [1.165, 1.54) is 18.7 Å². The SMILES string of the molecule is COc1ccc([C@@H]2[C@@H]3CN(Cc4nccn4C)C[C@@H]3CN2C)cc1. The minimum absolute atomic E-state index is 0.507. The number of benzene rings is 1. The number of nitrogens with zero attached hydrogens (tertiary/aromatic N) is 4. The first-order valence-electron chi connectivity index (χ1n) is 8.68. The molecule has 1 aromatic carbocycles. The van der Waals surface area contributed by atoms with Crippen LogP contribution in [0.15, 0.2) is 36.7 Å². The first kappa shape index (κ1) is 15.7. The van der Waals surface area contributed by atoms with Crippen LogP contribution in [-0.4, -0.2) is 53.1 Å². The van der Waals surface area contributed by atoms with E-state index in [9.17, 15) is 0 Å². The third-order valence-electron chi connectivity index (χ3n) is 5.71. The van der Waals surface area contributed by atoms with Gasteiger partial charge in [-0.15, -0.1) is 0 Å². The molecule has 2 saturated heterocycles. The Morgan fingerprint density at radius 1 is 1.12 bits per heavy atom.